The van der Waals surface area contributed by atoms with E-state index in [0.29, 0.717) is 10.6 Å². The first kappa shape index (κ1) is 14.5. The first-order valence-electron chi connectivity index (χ1n) is 5.64. The number of nitrogen functional groups attached to an aromatic ring is 1. The molecule has 98 valence electrons. The van der Waals surface area contributed by atoms with Gasteiger partial charge < -0.3 is 5.73 Å². The highest BCUT2D eigenvalue weighted by atomic mass is 32.2. The molecule has 0 aliphatic carbocycles. The number of anilines is 1. The largest absolute Gasteiger partial charge is 0.369 e. The maximum atomic E-state index is 11.8. The highest BCUT2D eigenvalue weighted by Gasteiger charge is 2.18. The molecule has 0 amide bonds. The highest BCUT2D eigenvalue weighted by Crippen LogP contribution is 2.27. The van der Waals surface area contributed by atoms with Crippen LogP contribution in [0.3, 0.4) is 0 Å². The lowest BCUT2D eigenvalue weighted by Crippen LogP contribution is -2.18. The zero-order valence-corrected chi connectivity index (χ0v) is 11.3. The van der Waals surface area contributed by atoms with Crippen molar-refractivity contribution in [2.75, 3.05) is 5.73 Å². The van der Waals surface area contributed by atoms with Crippen molar-refractivity contribution in [2.45, 2.75) is 37.5 Å². The Bertz CT molecular complexity index is 511. The summed E-state index contributed by atoms with van der Waals surface area (Å²) < 4.78 is 0. The van der Waals surface area contributed by atoms with Crippen molar-refractivity contribution >= 4 is 22.8 Å². The average molecular weight is 267 g/mol. The molecule has 0 aliphatic heterocycles. The quantitative estimate of drug-likeness (QED) is 0.629. The fraction of sp³-hybridized carbons (Fsp3) is 0.417. The van der Waals surface area contributed by atoms with Gasteiger partial charge in [0.05, 0.1) is 5.69 Å². The summed E-state index contributed by atoms with van der Waals surface area (Å²) in [7, 11) is 0. The summed E-state index contributed by atoms with van der Waals surface area (Å²) in [6.07, 6.45) is 3.44. The molecule has 1 aromatic rings. The van der Waals surface area contributed by atoms with Gasteiger partial charge in [-0.1, -0.05) is 13.0 Å². The molecule has 1 rings (SSSR count). The van der Waals surface area contributed by atoms with Gasteiger partial charge in [0, 0.05) is 12.8 Å². The van der Waals surface area contributed by atoms with E-state index >= 15 is 0 Å². The van der Waals surface area contributed by atoms with Crippen LogP contribution in [0.4, 0.5) is 5.95 Å². The summed E-state index contributed by atoms with van der Waals surface area (Å²) >= 11 is 0.896. The summed E-state index contributed by atoms with van der Waals surface area (Å²) in [5, 5.41) is -0.149. The molecule has 0 bridgehead atoms. The number of nitrogens with zero attached hydrogens (tertiary/aromatic N) is 1. The van der Waals surface area contributed by atoms with Crippen LogP contribution in [0.15, 0.2) is 22.3 Å². The van der Waals surface area contributed by atoms with E-state index in [2.05, 4.69) is 16.5 Å². The second-order valence-electron chi connectivity index (χ2n) is 4.03. The Hall–Kier alpha value is -1.56. The van der Waals surface area contributed by atoms with Gasteiger partial charge >= 0.3 is 0 Å². The van der Waals surface area contributed by atoms with Crippen molar-refractivity contribution in [3.8, 4) is 0 Å². The number of H-pyrrole nitrogens is 1. The minimum Gasteiger partial charge on any atom is -0.369 e. The predicted molar refractivity (Wildman–Crippen MR) is 73.7 cm³/mol. The Labute approximate surface area is 110 Å². The lowest BCUT2D eigenvalue weighted by Gasteiger charge is -2.13. The van der Waals surface area contributed by atoms with Gasteiger partial charge in [0.15, 0.2) is 5.12 Å². The number of thioether (sulfide) groups is 1. The Morgan fingerprint density at radius 3 is 2.89 bits per heavy atom. The highest BCUT2D eigenvalue weighted by molar-refractivity contribution is 8.13. The smallest absolute Gasteiger partial charge is 0.266 e. The van der Waals surface area contributed by atoms with Crippen molar-refractivity contribution in [2.24, 2.45) is 0 Å². The molecule has 0 saturated carbocycles. The fourth-order valence-electron chi connectivity index (χ4n) is 1.58. The number of aromatic amines is 1. The molecule has 18 heavy (non-hydrogen) atoms. The van der Waals surface area contributed by atoms with Gasteiger partial charge in [-0.05, 0) is 24.6 Å². The summed E-state index contributed by atoms with van der Waals surface area (Å²) in [4.78, 5) is 29.9. The molecule has 0 fully saturated rings. The zero-order valence-electron chi connectivity index (χ0n) is 10.5. The lowest BCUT2D eigenvalue weighted by molar-refractivity contribution is -0.109. The number of rotatable bonds is 5. The molecule has 0 saturated heterocycles. The van der Waals surface area contributed by atoms with Crippen LogP contribution in [0.1, 0.15) is 38.3 Å². The molecule has 1 unspecified atom stereocenters. The van der Waals surface area contributed by atoms with Crippen LogP contribution in [-0.4, -0.2) is 15.1 Å². The summed E-state index contributed by atoms with van der Waals surface area (Å²) in [6.45, 7) is 7.03. The Balaban J connectivity index is 3.17. The third kappa shape index (κ3) is 3.73. The molecule has 5 nitrogen and oxygen atoms in total. The summed E-state index contributed by atoms with van der Waals surface area (Å²) in [5.74, 6) is 0.128. The van der Waals surface area contributed by atoms with E-state index in [1.165, 1.54) is 6.92 Å². The predicted octanol–water partition coefficient (Wildman–Crippen LogP) is 2.06. The van der Waals surface area contributed by atoms with Gasteiger partial charge in [-0.15, -0.1) is 6.58 Å². The van der Waals surface area contributed by atoms with Gasteiger partial charge in [0.1, 0.15) is 4.90 Å². The van der Waals surface area contributed by atoms with E-state index in [9.17, 15) is 9.59 Å². The fourth-order valence-corrected chi connectivity index (χ4v) is 2.36. The van der Waals surface area contributed by atoms with E-state index in [1.54, 1.807) is 0 Å². The van der Waals surface area contributed by atoms with E-state index in [0.717, 1.165) is 24.6 Å². The molecule has 1 heterocycles. The Morgan fingerprint density at radius 1 is 1.67 bits per heavy atom. The summed E-state index contributed by atoms with van der Waals surface area (Å²) in [6, 6.07) is 0. The molecule has 3 N–H and O–H groups in total. The van der Waals surface area contributed by atoms with E-state index in [1.807, 2.05) is 13.0 Å². The first-order valence-corrected chi connectivity index (χ1v) is 6.46. The molecular formula is C12H17N3O2S. The topological polar surface area (TPSA) is 88.8 Å². The Morgan fingerprint density at radius 2 is 2.33 bits per heavy atom. The van der Waals surface area contributed by atoms with Gasteiger partial charge in [-0.2, -0.15) is 0 Å². The van der Waals surface area contributed by atoms with Gasteiger partial charge in [-0.25, -0.2) is 4.98 Å². The summed E-state index contributed by atoms with van der Waals surface area (Å²) in [5.41, 5.74) is 5.77. The van der Waals surface area contributed by atoms with Crippen molar-refractivity contribution in [3.63, 3.8) is 0 Å². The molecular weight excluding hydrogens is 250 g/mol. The van der Waals surface area contributed by atoms with Crippen LogP contribution < -0.4 is 11.3 Å². The molecule has 6 heteroatoms. The third-order valence-electron chi connectivity index (χ3n) is 2.44. The molecule has 1 atom stereocenters. The van der Waals surface area contributed by atoms with Crippen LogP contribution in [0.2, 0.25) is 0 Å². The van der Waals surface area contributed by atoms with Crippen LogP contribution in [0, 0.1) is 0 Å². The maximum absolute atomic E-state index is 11.8. The van der Waals surface area contributed by atoms with E-state index in [4.69, 9.17) is 5.73 Å². The lowest BCUT2D eigenvalue weighted by atomic mass is 10.0. The van der Waals surface area contributed by atoms with Crippen LogP contribution >= 0.6 is 11.8 Å². The molecule has 0 aromatic carbocycles. The van der Waals surface area contributed by atoms with Crippen molar-refractivity contribution in [1.29, 1.82) is 0 Å². The second-order valence-corrected chi connectivity index (χ2v) is 5.21. The number of hydrogen-bond acceptors (Lipinski definition) is 5. The van der Waals surface area contributed by atoms with Crippen LogP contribution in [0.5, 0.6) is 0 Å². The van der Waals surface area contributed by atoms with E-state index < -0.39 is 0 Å². The van der Waals surface area contributed by atoms with Crippen LogP contribution in [-0.2, 0) is 4.79 Å². The number of hydrogen-bond donors (Lipinski definition) is 2. The second kappa shape index (κ2) is 6.39. The average Bonchev–Trinajstić information content (AvgIpc) is 2.28. The molecule has 1 aromatic heterocycles. The SMILES string of the molecule is C=CCCC(C)c1nc(N)[nH]c(=O)c1SC(C)=O. The van der Waals surface area contributed by atoms with Crippen molar-refractivity contribution < 1.29 is 4.79 Å². The minimum atomic E-state index is -0.358. The minimum absolute atomic E-state index is 0.0504. The number of aromatic nitrogens is 2. The normalized spacial score (nSPS) is 12.1. The van der Waals surface area contributed by atoms with Crippen LogP contribution in [0.25, 0.3) is 0 Å². The monoisotopic (exact) mass is 267 g/mol. The number of nitrogens with two attached hydrogens (primary N) is 1. The van der Waals surface area contributed by atoms with Gasteiger partial charge in [0.2, 0.25) is 5.95 Å². The zero-order chi connectivity index (χ0) is 13.7. The standard InChI is InChI=1S/C12H17N3O2S/c1-4-5-6-7(2)9-10(18-8(3)16)11(17)15-12(13)14-9/h4,7H,1,5-6H2,2-3H3,(H3,13,14,15,17). The number of carbonyl (C=O) groups is 1. The van der Waals surface area contributed by atoms with Gasteiger partial charge in [0.25, 0.3) is 5.56 Å². The van der Waals surface area contributed by atoms with Crippen molar-refractivity contribution in [3.05, 3.63) is 28.7 Å². The number of allylic oxidation sites excluding steroid dienone is 1. The van der Waals surface area contributed by atoms with Gasteiger partial charge in [-0.3, -0.25) is 14.6 Å². The maximum Gasteiger partial charge on any atom is 0.266 e. The molecule has 0 spiro atoms. The number of carbonyl (C=O) groups excluding carboxylic acids is 1. The third-order valence-corrected chi connectivity index (χ3v) is 3.32. The molecule has 0 aliphatic rings. The molecule has 0 radical (unpaired) electrons. The number of nitrogens with one attached hydrogen (secondary N) is 1. The Kier molecular flexibility index (Phi) is 5.15. The van der Waals surface area contributed by atoms with E-state index in [-0.39, 0.29) is 22.5 Å². The first-order chi connectivity index (χ1) is 8.45. The van der Waals surface area contributed by atoms with Crippen molar-refractivity contribution in [1.82, 2.24) is 9.97 Å².